The number of pyridine rings is 1. The molecule has 2 rings (SSSR count). The molecule has 3 N–H and O–H groups in total. The van der Waals surface area contributed by atoms with E-state index in [-0.39, 0.29) is 5.91 Å². The Morgan fingerprint density at radius 1 is 1.30 bits per heavy atom. The first-order valence-electron chi connectivity index (χ1n) is 6.75. The minimum absolute atomic E-state index is 0.0271. The van der Waals surface area contributed by atoms with Crippen LogP contribution in [0.2, 0.25) is 0 Å². The van der Waals surface area contributed by atoms with Gasteiger partial charge in [-0.25, -0.2) is 0 Å². The first kappa shape index (κ1) is 14.9. The zero-order valence-electron chi connectivity index (χ0n) is 11.2. The van der Waals surface area contributed by atoms with Crippen LogP contribution >= 0.6 is 15.9 Å². The van der Waals surface area contributed by atoms with Gasteiger partial charge in [-0.1, -0.05) is 18.6 Å². The summed E-state index contributed by atoms with van der Waals surface area (Å²) >= 11 is 3.40. The summed E-state index contributed by atoms with van der Waals surface area (Å²) in [6.45, 7) is 0.684. The van der Waals surface area contributed by atoms with E-state index in [9.17, 15) is 4.79 Å². The van der Waals surface area contributed by atoms with Gasteiger partial charge in [0.1, 0.15) is 0 Å². The minimum atomic E-state index is 0.0271. The van der Waals surface area contributed by atoms with Gasteiger partial charge >= 0.3 is 0 Å². The number of unbranched alkanes of at least 4 members (excludes halogenated alkanes) is 2. The van der Waals surface area contributed by atoms with Gasteiger partial charge in [0.15, 0.2) is 0 Å². The van der Waals surface area contributed by atoms with E-state index in [1.165, 1.54) is 0 Å². The molecule has 0 fully saturated rings. The van der Waals surface area contributed by atoms with Gasteiger partial charge in [0.25, 0.3) is 0 Å². The highest BCUT2D eigenvalue weighted by Gasteiger charge is 2.07. The van der Waals surface area contributed by atoms with Gasteiger partial charge in [0.05, 0.1) is 11.2 Å². The van der Waals surface area contributed by atoms with E-state index in [1.54, 1.807) is 6.20 Å². The first-order valence-corrected chi connectivity index (χ1v) is 7.54. The summed E-state index contributed by atoms with van der Waals surface area (Å²) in [5, 5.41) is 3.93. The molecule has 0 aliphatic heterocycles. The van der Waals surface area contributed by atoms with Crippen LogP contribution in [0.4, 0.5) is 5.69 Å². The number of anilines is 1. The molecule has 0 radical (unpaired) electrons. The van der Waals surface area contributed by atoms with E-state index in [4.69, 9.17) is 5.73 Å². The van der Waals surface area contributed by atoms with Crippen LogP contribution in [0, 0.1) is 0 Å². The van der Waals surface area contributed by atoms with E-state index < -0.39 is 0 Å². The van der Waals surface area contributed by atoms with E-state index in [0.29, 0.717) is 13.0 Å². The number of hydrogen-bond donors (Lipinski definition) is 2. The van der Waals surface area contributed by atoms with Crippen molar-refractivity contribution in [3.8, 4) is 0 Å². The van der Waals surface area contributed by atoms with Crippen molar-refractivity contribution in [2.75, 3.05) is 11.9 Å². The smallest absolute Gasteiger partial charge is 0.224 e. The molecule has 1 amide bonds. The Bertz CT molecular complexity index is 601. The molecule has 1 aromatic carbocycles. The summed E-state index contributed by atoms with van der Waals surface area (Å²) < 4.78 is 0.926. The predicted octanol–water partition coefficient (Wildman–Crippen LogP) is 3.45. The van der Waals surface area contributed by atoms with Crippen LogP contribution < -0.4 is 11.1 Å². The average Bonchev–Trinajstić information content (AvgIpc) is 2.43. The van der Waals surface area contributed by atoms with Crippen LogP contribution in [-0.2, 0) is 4.79 Å². The Hall–Kier alpha value is -1.46. The van der Waals surface area contributed by atoms with Gasteiger partial charge in [-0.3, -0.25) is 9.78 Å². The van der Waals surface area contributed by atoms with E-state index in [0.717, 1.165) is 40.3 Å². The van der Waals surface area contributed by atoms with Crippen molar-refractivity contribution in [2.24, 2.45) is 5.73 Å². The number of carbonyl (C=O) groups excluding carboxylic acids is 1. The van der Waals surface area contributed by atoms with Crippen LogP contribution in [-0.4, -0.2) is 17.4 Å². The van der Waals surface area contributed by atoms with E-state index in [1.807, 2.05) is 24.3 Å². The summed E-state index contributed by atoms with van der Waals surface area (Å²) in [5.74, 6) is 0.0271. The summed E-state index contributed by atoms with van der Waals surface area (Å²) in [6, 6.07) is 7.75. The maximum Gasteiger partial charge on any atom is 0.224 e. The Balaban J connectivity index is 2.04. The molecule has 106 valence electrons. The van der Waals surface area contributed by atoms with Crippen molar-refractivity contribution in [1.29, 1.82) is 0 Å². The van der Waals surface area contributed by atoms with Crippen molar-refractivity contribution in [2.45, 2.75) is 25.7 Å². The van der Waals surface area contributed by atoms with Gasteiger partial charge < -0.3 is 11.1 Å². The molecule has 0 saturated heterocycles. The molecule has 0 atom stereocenters. The third-order valence-corrected chi connectivity index (χ3v) is 3.49. The Morgan fingerprint density at radius 2 is 2.15 bits per heavy atom. The van der Waals surface area contributed by atoms with Crippen molar-refractivity contribution in [1.82, 2.24) is 4.98 Å². The number of amides is 1. The van der Waals surface area contributed by atoms with Crippen LogP contribution in [0.15, 0.2) is 34.9 Å². The predicted molar refractivity (Wildman–Crippen MR) is 85.6 cm³/mol. The Kier molecular flexibility index (Phi) is 5.49. The number of rotatable bonds is 6. The zero-order chi connectivity index (χ0) is 14.4. The van der Waals surface area contributed by atoms with Gasteiger partial charge in [-0.2, -0.15) is 0 Å². The molecule has 0 saturated carbocycles. The molecular formula is C15H18BrN3O. The van der Waals surface area contributed by atoms with Crippen molar-refractivity contribution < 1.29 is 4.79 Å². The molecule has 5 heteroatoms. The number of aromatic nitrogens is 1. The number of hydrogen-bond acceptors (Lipinski definition) is 3. The number of para-hydroxylation sites is 1. The fourth-order valence-electron chi connectivity index (χ4n) is 2.05. The molecule has 0 bridgehead atoms. The van der Waals surface area contributed by atoms with Crippen molar-refractivity contribution >= 4 is 38.4 Å². The fourth-order valence-corrected chi connectivity index (χ4v) is 2.40. The molecule has 0 unspecified atom stereocenters. The molecular weight excluding hydrogens is 318 g/mol. The SMILES string of the molecule is NCCCCCC(=O)Nc1cccc2cc(Br)cnc12. The summed E-state index contributed by atoms with van der Waals surface area (Å²) in [4.78, 5) is 16.3. The number of halogens is 1. The highest BCUT2D eigenvalue weighted by atomic mass is 79.9. The second-order valence-electron chi connectivity index (χ2n) is 4.68. The molecule has 20 heavy (non-hydrogen) atoms. The molecule has 1 heterocycles. The van der Waals surface area contributed by atoms with Gasteiger partial charge in [0.2, 0.25) is 5.91 Å². The topological polar surface area (TPSA) is 68.0 Å². The lowest BCUT2D eigenvalue weighted by molar-refractivity contribution is -0.116. The third-order valence-electron chi connectivity index (χ3n) is 3.06. The van der Waals surface area contributed by atoms with Crippen LogP contribution in [0.3, 0.4) is 0 Å². The van der Waals surface area contributed by atoms with Crippen LogP contribution in [0.1, 0.15) is 25.7 Å². The Labute approximate surface area is 126 Å². The summed E-state index contributed by atoms with van der Waals surface area (Å²) in [6.07, 6.45) is 5.08. The maximum absolute atomic E-state index is 11.9. The monoisotopic (exact) mass is 335 g/mol. The maximum atomic E-state index is 11.9. The van der Waals surface area contributed by atoms with Crippen molar-refractivity contribution in [3.63, 3.8) is 0 Å². The lowest BCUT2D eigenvalue weighted by atomic mass is 10.1. The van der Waals surface area contributed by atoms with Crippen LogP contribution in [0.5, 0.6) is 0 Å². The summed E-state index contributed by atoms with van der Waals surface area (Å²) in [7, 11) is 0. The van der Waals surface area contributed by atoms with Crippen LogP contribution in [0.25, 0.3) is 10.9 Å². The van der Waals surface area contributed by atoms with Gasteiger partial charge in [-0.15, -0.1) is 0 Å². The Morgan fingerprint density at radius 3 is 2.95 bits per heavy atom. The lowest BCUT2D eigenvalue weighted by Gasteiger charge is -2.08. The number of nitrogens with zero attached hydrogens (tertiary/aromatic N) is 1. The molecule has 0 aliphatic carbocycles. The normalized spacial score (nSPS) is 10.7. The number of nitrogens with one attached hydrogen (secondary N) is 1. The quantitative estimate of drug-likeness (QED) is 0.794. The highest BCUT2D eigenvalue weighted by Crippen LogP contribution is 2.24. The van der Waals surface area contributed by atoms with E-state index >= 15 is 0 Å². The molecule has 0 aliphatic rings. The second kappa shape index (κ2) is 7.36. The minimum Gasteiger partial charge on any atom is -0.330 e. The lowest BCUT2D eigenvalue weighted by Crippen LogP contribution is -2.12. The number of carbonyl (C=O) groups is 1. The molecule has 1 aromatic heterocycles. The summed E-state index contributed by atoms with van der Waals surface area (Å²) in [5.41, 5.74) is 7.00. The van der Waals surface area contributed by atoms with E-state index in [2.05, 4.69) is 26.2 Å². The van der Waals surface area contributed by atoms with Crippen molar-refractivity contribution in [3.05, 3.63) is 34.9 Å². The second-order valence-corrected chi connectivity index (χ2v) is 5.59. The molecule has 0 spiro atoms. The van der Waals surface area contributed by atoms with Gasteiger partial charge in [0, 0.05) is 22.5 Å². The first-order chi connectivity index (χ1) is 9.70. The van der Waals surface area contributed by atoms with Gasteiger partial charge in [-0.05, 0) is 47.4 Å². The highest BCUT2D eigenvalue weighted by molar-refractivity contribution is 9.10. The average molecular weight is 336 g/mol. The fraction of sp³-hybridized carbons (Fsp3) is 0.333. The molecule has 4 nitrogen and oxygen atoms in total. The number of fused-ring (bicyclic) bond motifs is 1. The standard InChI is InChI=1S/C15H18BrN3O/c16-12-9-11-5-4-6-13(15(11)18-10-12)19-14(20)7-2-1-3-8-17/h4-6,9-10H,1-3,7-8,17H2,(H,19,20). The largest absolute Gasteiger partial charge is 0.330 e. The zero-order valence-corrected chi connectivity index (χ0v) is 12.8. The number of nitrogens with two attached hydrogens (primary N) is 1. The third kappa shape index (κ3) is 4.02. The number of benzene rings is 1. The molecule has 2 aromatic rings.